The smallest absolute Gasteiger partial charge is 0.234 e. The fourth-order valence-electron chi connectivity index (χ4n) is 4.22. The van der Waals surface area contributed by atoms with E-state index >= 15 is 0 Å². The van der Waals surface area contributed by atoms with Gasteiger partial charge < -0.3 is 24.3 Å². The number of thioether (sulfide) groups is 1. The molecule has 3 aromatic carbocycles. The molecule has 0 spiro atoms. The van der Waals surface area contributed by atoms with Gasteiger partial charge in [-0.1, -0.05) is 36.9 Å². The van der Waals surface area contributed by atoms with Crippen LogP contribution in [-0.2, 0) is 11.2 Å². The van der Waals surface area contributed by atoms with Crippen molar-refractivity contribution in [2.24, 2.45) is 0 Å². The van der Waals surface area contributed by atoms with Gasteiger partial charge in [0.05, 0.1) is 33.2 Å². The second-order valence-corrected chi connectivity index (χ2v) is 9.68. The summed E-state index contributed by atoms with van der Waals surface area (Å²) < 4.78 is 22.5. The molecule has 0 atom stereocenters. The van der Waals surface area contributed by atoms with Crippen LogP contribution in [0.3, 0.4) is 0 Å². The first-order valence-corrected chi connectivity index (χ1v) is 14.4. The number of aryl methyl sites for hydroxylation is 1. The van der Waals surface area contributed by atoms with Crippen molar-refractivity contribution < 1.29 is 23.7 Å². The van der Waals surface area contributed by atoms with Crippen LogP contribution in [0.1, 0.15) is 26.3 Å². The van der Waals surface area contributed by atoms with Crippen molar-refractivity contribution in [1.29, 1.82) is 0 Å². The number of benzene rings is 3. The van der Waals surface area contributed by atoms with E-state index in [9.17, 15) is 4.79 Å². The Kier molecular flexibility index (Phi) is 10.4. The number of anilines is 1. The largest absolute Gasteiger partial charge is 0.493 e. The first-order valence-electron chi connectivity index (χ1n) is 13.4. The molecule has 10 heteroatoms. The van der Waals surface area contributed by atoms with E-state index in [0.29, 0.717) is 52.8 Å². The van der Waals surface area contributed by atoms with Gasteiger partial charge in [-0.3, -0.25) is 4.79 Å². The zero-order chi connectivity index (χ0) is 29.2. The average Bonchev–Trinajstić information content (AvgIpc) is 3.00. The molecule has 0 fully saturated rings. The maximum absolute atomic E-state index is 12.8. The van der Waals surface area contributed by atoms with Crippen LogP contribution < -0.4 is 24.3 Å². The Morgan fingerprint density at radius 2 is 1.39 bits per heavy atom. The molecule has 1 aromatic heterocycles. The average molecular weight is 575 g/mol. The maximum Gasteiger partial charge on any atom is 0.234 e. The van der Waals surface area contributed by atoms with Gasteiger partial charge in [0.1, 0.15) is 11.4 Å². The SMILES string of the molecule is CCOc1cc(-c2nnc(SCC(=O)Nc3ccccc3CC)nc2-c2ccc(OC)c(OCC)c2)ccc1OC. The molecule has 0 saturated carbocycles. The molecule has 0 aliphatic rings. The highest BCUT2D eigenvalue weighted by Gasteiger charge is 2.19. The van der Waals surface area contributed by atoms with Crippen LogP contribution in [-0.4, -0.2) is 54.3 Å². The highest BCUT2D eigenvalue weighted by molar-refractivity contribution is 7.99. The van der Waals surface area contributed by atoms with E-state index in [1.165, 1.54) is 11.8 Å². The van der Waals surface area contributed by atoms with Crippen molar-refractivity contribution in [3.63, 3.8) is 0 Å². The highest BCUT2D eigenvalue weighted by atomic mass is 32.2. The third-order valence-corrected chi connectivity index (χ3v) is 6.98. The second-order valence-electron chi connectivity index (χ2n) is 8.74. The summed E-state index contributed by atoms with van der Waals surface area (Å²) in [6.45, 7) is 6.83. The van der Waals surface area contributed by atoms with E-state index < -0.39 is 0 Å². The summed E-state index contributed by atoms with van der Waals surface area (Å²) in [5, 5.41) is 12.3. The molecule has 0 saturated heterocycles. The number of hydrogen-bond acceptors (Lipinski definition) is 9. The summed E-state index contributed by atoms with van der Waals surface area (Å²) in [4.78, 5) is 17.6. The lowest BCUT2D eigenvalue weighted by atomic mass is 10.0. The normalized spacial score (nSPS) is 10.7. The Morgan fingerprint density at radius 1 is 0.780 bits per heavy atom. The maximum atomic E-state index is 12.8. The summed E-state index contributed by atoms with van der Waals surface area (Å²) in [5.74, 6) is 2.38. The number of aromatic nitrogens is 3. The summed E-state index contributed by atoms with van der Waals surface area (Å²) >= 11 is 1.22. The number of methoxy groups -OCH3 is 2. The molecule has 1 heterocycles. The molecular weight excluding hydrogens is 540 g/mol. The van der Waals surface area contributed by atoms with Crippen molar-refractivity contribution in [3.05, 3.63) is 66.2 Å². The number of amides is 1. The van der Waals surface area contributed by atoms with Gasteiger partial charge in [-0.05, 0) is 68.3 Å². The summed E-state index contributed by atoms with van der Waals surface area (Å²) in [6.07, 6.45) is 0.823. The fraction of sp³-hybridized carbons (Fsp3) is 0.290. The quantitative estimate of drug-likeness (QED) is 0.184. The molecule has 4 rings (SSSR count). The minimum atomic E-state index is -0.148. The van der Waals surface area contributed by atoms with E-state index in [-0.39, 0.29) is 11.7 Å². The van der Waals surface area contributed by atoms with E-state index in [4.69, 9.17) is 23.9 Å². The van der Waals surface area contributed by atoms with Crippen molar-refractivity contribution >= 4 is 23.4 Å². The molecule has 41 heavy (non-hydrogen) atoms. The van der Waals surface area contributed by atoms with Crippen molar-refractivity contribution in [3.8, 4) is 45.5 Å². The zero-order valence-electron chi connectivity index (χ0n) is 23.9. The van der Waals surface area contributed by atoms with Crippen LogP contribution in [0.25, 0.3) is 22.5 Å². The third-order valence-electron chi connectivity index (χ3n) is 6.15. The van der Waals surface area contributed by atoms with Crippen LogP contribution in [0, 0.1) is 0 Å². The fourth-order valence-corrected chi connectivity index (χ4v) is 4.81. The highest BCUT2D eigenvalue weighted by Crippen LogP contribution is 2.38. The van der Waals surface area contributed by atoms with Gasteiger partial charge in [0, 0.05) is 16.8 Å². The predicted molar refractivity (Wildman–Crippen MR) is 161 cm³/mol. The molecule has 214 valence electrons. The van der Waals surface area contributed by atoms with Gasteiger partial charge in [-0.15, -0.1) is 10.2 Å². The Morgan fingerprint density at radius 3 is 1.98 bits per heavy atom. The molecular formula is C31H34N4O5S. The Balaban J connectivity index is 1.70. The van der Waals surface area contributed by atoms with Crippen molar-refractivity contribution in [2.45, 2.75) is 32.3 Å². The van der Waals surface area contributed by atoms with Crippen LogP contribution >= 0.6 is 11.8 Å². The van der Waals surface area contributed by atoms with Gasteiger partial charge in [-0.2, -0.15) is 0 Å². The molecule has 0 aliphatic carbocycles. The topological polar surface area (TPSA) is 105 Å². The first kappa shape index (κ1) is 29.7. The zero-order valence-corrected chi connectivity index (χ0v) is 24.7. The number of nitrogens with one attached hydrogen (secondary N) is 1. The van der Waals surface area contributed by atoms with Crippen molar-refractivity contribution in [2.75, 3.05) is 38.5 Å². The van der Waals surface area contributed by atoms with Gasteiger partial charge in [0.25, 0.3) is 0 Å². The molecule has 1 N–H and O–H groups in total. The summed E-state index contributed by atoms with van der Waals surface area (Å²) in [7, 11) is 3.19. The van der Waals surface area contributed by atoms with Crippen LogP contribution in [0.15, 0.2) is 65.8 Å². The standard InChI is InChI=1S/C31H34N4O5S/c1-6-20-11-9-10-12-23(20)32-28(36)19-41-31-33-29(21-13-15-24(37-4)26(17-21)39-7-2)30(34-35-31)22-14-16-25(38-5)27(18-22)40-8-3/h9-18H,6-8,19H2,1-5H3,(H,32,36). The summed E-state index contributed by atoms with van der Waals surface area (Å²) in [6, 6.07) is 18.9. The minimum absolute atomic E-state index is 0.127. The van der Waals surface area contributed by atoms with Crippen molar-refractivity contribution in [1.82, 2.24) is 15.2 Å². The van der Waals surface area contributed by atoms with Gasteiger partial charge in [0.15, 0.2) is 23.0 Å². The molecule has 0 aliphatic heterocycles. The molecule has 0 radical (unpaired) electrons. The number of ether oxygens (including phenoxy) is 4. The second kappa shape index (κ2) is 14.4. The number of para-hydroxylation sites is 1. The number of hydrogen-bond donors (Lipinski definition) is 1. The first-order chi connectivity index (χ1) is 20.0. The van der Waals surface area contributed by atoms with Crippen LogP contribution in [0.5, 0.6) is 23.0 Å². The van der Waals surface area contributed by atoms with E-state index in [1.54, 1.807) is 14.2 Å². The van der Waals surface area contributed by atoms with Gasteiger partial charge in [-0.25, -0.2) is 4.98 Å². The van der Waals surface area contributed by atoms with Gasteiger partial charge >= 0.3 is 0 Å². The van der Waals surface area contributed by atoms with Crippen LogP contribution in [0.2, 0.25) is 0 Å². The minimum Gasteiger partial charge on any atom is -0.493 e. The monoisotopic (exact) mass is 574 g/mol. The number of carbonyl (C=O) groups is 1. The Bertz CT molecular complexity index is 1500. The molecule has 1 amide bonds. The molecule has 9 nitrogen and oxygen atoms in total. The number of carbonyl (C=O) groups excluding carboxylic acids is 1. The molecule has 0 bridgehead atoms. The lowest BCUT2D eigenvalue weighted by Gasteiger charge is -2.15. The van der Waals surface area contributed by atoms with E-state index in [2.05, 4.69) is 22.4 Å². The lowest BCUT2D eigenvalue weighted by molar-refractivity contribution is -0.113. The lowest BCUT2D eigenvalue weighted by Crippen LogP contribution is -2.15. The van der Waals surface area contributed by atoms with Gasteiger partial charge in [0.2, 0.25) is 11.1 Å². The van der Waals surface area contributed by atoms with Crippen LogP contribution in [0.4, 0.5) is 5.69 Å². The Hall–Kier alpha value is -4.31. The van der Waals surface area contributed by atoms with E-state index in [1.807, 2.05) is 74.5 Å². The molecule has 0 unspecified atom stereocenters. The van der Waals surface area contributed by atoms with E-state index in [0.717, 1.165) is 28.8 Å². The third kappa shape index (κ3) is 7.26. The Labute approximate surface area is 244 Å². The predicted octanol–water partition coefficient (Wildman–Crippen LogP) is 6.31. The summed E-state index contributed by atoms with van der Waals surface area (Å²) in [5.41, 5.74) is 4.52. The molecule has 4 aromatic rings. The number of nitrogens with zero attached hydrogens (tertiary/aromatic N) is 3. The number of rotatable bonds is 13.